The Balaban J connectivity index is 1.40. The SMILES string of the molecule is O=C1CCCN1CCCC(=O)N1CCCC(CCc2ccc(F)c(F)c2)C1. The van der Waals surface area contributed by atoms with E-state index < -0.39 is 11.6 Å². The Labute approximate surface area is 159 Å². The van der Waals surface area contributed by atoms with Gasteiger partial charge in [0.25, 0.3) is 0 Å². The summed E-state index contributed by atoms with van der Waals surface area (Å²) in [5.74, 6) is -0.846. The van der Waals surface area contributed by atoms with Crippen molar-refractivity contribution in [1.82, 2.24) is 9.80 Å². The summed E-state index contributed by atoms with van der Waals surface area (Å²) in [7, 11) is 0. The number of halogens is 2. The second-order valence-electron chi connectivity index (χ2n) is 7.72. The van der Waals surface area contributed by atoms with Crippen LogP contribution >= 0.6 is 0 Å². The molecule has 2 aliphatic heterocycles. The van der Waals surface area contributed by atoms with Crippen LogP contribution in [0.1, 0.15) is 50.5 Å². The molecule has 0 aromatic heterocycles. The second kappa shape index (κ2) is 9.29. The summed E-state index contributed by atoms with van der Waals surface area (Å²) >= 11 is 0. The number of aryl methyl sites for hydroxylation is 1. The monoisotopic (exact) mass is 378 g/mol. The zero-order chi connectivity index (χ0) is 19.2. The quantitative estimate of drug-likeness (QED) is 0.728. The number of hydrogen-bond acceptors (Lipinski definition) is 2. The smallest absolute Gasteiger partial charge is 0.222 e. The third kappa shape index (κ3) is 5.50. The first-order valence-corrected chi connectivity index (χ1v) is 10.0. The Morgan fingerprint density at radius 3 is 2.74 bits per heavy atom. The van der Waals surface area contributed by atoms with Crippen LogP contribution in [0.15, 0.2) is 18.2 Å². The van der Waals surface area contributed by atoms with E-state index >= 15 is 0 Å². The highest BCUT2D eigenvalue weighted by molar-refractivity contribution is 5.78. The van der Waals surface area contributed by atoms with Crippen LogP contribution in [0.3, 0.4) is 0 Å². The van der Waals surface area contributed by atoms with Gasteiger partial charge < -0.3 is 9.80 Å². The molecule has 0 saturated carbocycles. The molecule has 27 heavy (non-hydrogen) atoms. The third-order valence-corrected chi connectivity index (χ3v) is 5.69. The maximum absolute atomic E-state index is 13.3. The lowest BCUT2D eigenvalue weighted by Crippen LogP contribution is -2.40. The highest BCUT2D eigenvalue weighted by Crippen LogP contribution is 2.23. The van der Waals surface area contributed by atoms with Gasteiger partial charge in [-0.05, 0) is 62.1 Å². The average molecular weight is 378 g/mol. The fraction of sp³-hybridized carbons (Fsp3) is 0.619. The van der Waals surface area contributed by atoms with Gasteiger partial charge in [-0.15, -0.1) is 0 Å². The summed E-state index contributed by atoms with van der Waals surface area (Å²) in [5, 5.41) is 0. The van der Waals surface area contributed by atoms with Crippen molar-refractivity contribution in [3.63, 3.8) is 0 Å². The Morgan fingerprint density at radius 2 is 2.00 bits per heavy atom. The van der Waals surface area contributed by atoms with Gasteiger partial charge in [0.15, 0.2) is 11.6 Å². The van der Waals surface area contributed by atoms with Crippen molar-refractivity contribution in [1.29, 1.82) is 0 Å². The van der Waals surface area contributed by atoms with Gasteiger partial charge in [-0.2, -0.15) is 0 Å². The van der Waals surface area contributed by atoms with Crippen molar-refractivity contribution in [3.05, 3.63) is 35.4 Å². The van der Waals surface area contributed by atoms with Crippen molar-refractivity contribution in [2.75, 3.05) is 26.2 Å². The molecule has 1 aromatic rings. The van der Waals surface area contributed by atoms with Crippen molar-refractivity contribution in [2.24, 2.45) is 5.92 Å². The molecule has 0 aliphatic carbocycles. The number of amides is 2. The average Bonchev–Trinajstić information content (AvgIpc) is 3.08. The fourth-order valence-corrected chi connectivity index (χ4v) is 4.11. The van der Waals surface area contributed by atoms with E-state index in [1.165, 1.54) is 12.1 Å². The molecular weight excluding hydrogens is 350 g/mol. The minimum atomic E-state index is -0.816. The molecule has 0 N–H and O–H groups in total. The molecular formula is C21H28F2N2O2. The lowest BCUT2D eigenvalue weighted by atomic mass is 9.91. The summed E-state index contributed by atoms with van der Waals surface area (Å²) in [6, 6.07) is 4.07. The van der Waals surface area contributed by atoms with E-state index in [9.17, 15) is 18.4 Å². The van der Waals surface area contributed by atoms with Crippen LogP contribution in [0.25, 0.3) is 0 Å². The maximum Gasteiger partial charge on any atom is 0.222 e. The van der Waals surface area contributed by atoms with Gasteiger partial charge in [-0.3, -0.25) is 9.59 Å². The van der Waals surface area contributed by atoms with E-state index in [0.29, 0.717) is 31.7 Å². The van der Waals surface area contributed by atoms with Gasteiger partial charge in [0.05, 0.1) is 0 Å². The van der Waals surface area contributed by atoms with E-state index in [2.05, 4.69) is 0 Å². The summed E-state index contributed by atoms with van der Waals surface area (Å²) in [5.41, 5.74) is 0.799. The van der Waals surface area contributed by atoms with Gasteiger partial charge >= 0.3 is 0 Å². The molecule has 1 aromatic carbocycles. The summed E-state index contributed by atoms with van der Waals surface area (Å²) in [4.78, 5) is 27.9. The molecule has 2 aliphatic rings. The molecule has 2 saturated heterocycles. The van der Waals surface area contributed by atoms with Gasteiger partial charge in [-0.25, -0.2) is 8.78 Å². The van der Waals surface area contributed by atoms with Crippen LogP contribution in [0.4, 0.5) is 8.78 Å². The number of benzene rings is 1. The van der Waals surface area contributed by atoms with Crippen LogP contribution in [0.5, 0.6) is 0 Å². The third-order valence-electron chi connectivity index (χ3n) is 5.69. The fourth-order valence-electron chi connectivity index (χ4n) is 4.11. The molecule has 0 spiro atoms. The Hall–Kier alpha value is -1.98. The Morgan fingerprint density at radius 1 is 1.15 bits per heavy atom. The highest BCUT2D eigenvalue weighted by Gasteiger charge is 2.24. The molecule has 148 valence electrons. The summed E-state index contributed by atoms with van der Waals surface area (Å²) < 4.78 is 26.3. The number of nitrogens with zero attached hydrogens (tertiary/aromatic N) is 2. The van der Waals surface area contributed by atoms with E-state index in [4.69, 9.17) is 0 Å². The molecule has 1 atom stereocenters. The maximum atomic E-state index is 13.3. The number of hydrogen-bond donors (Lipinski definition) is 0. The number of carbonyl (C=O) groups is 2. The minimum Gasteiger partial charge on any atom is -0.343 e. The summed E-state index contributed by atoms with van der Waals surface area (Å²) in [6.45, 7) is 3.04. The number of carbonyl (C=O) groups excluding carboxylic acids is 2. The van der Waals surface area contributed by atoms with Gasteiger partial charge in [0.2, 0.25) is 11.8 Å². The van der Waals surface area contributed by atoms with Gasteiger partial charge in [0, 0.05) is 39.0 Å². The van der Waals surface area contributed by atoms with E-state index in [1.54, 1.807) is 6.07 Å². The summed E-state index contributed by atoms with van der Waals surface area (Å²) in [6.07, 6.45) is 6.39. The topological polar surface area (TPSA) is 40.6 Å². The van der Waals surface area contributed by atoms with Crippen LogP contribution in [-0.4, -0.2) is 47.8 Å². The van der Waals surface area contributed by atoms with E-state index in [0.717, 1.165) is 57.3 Å². The van der Waals surface area contributed by atoms with Gasteiger partial charge in [-0.1, -0.05) is 6.07 Å². The number of rotatable bonds is 7. The van der Waals surface area contributed by atoms with E-state index in [1.807, 2.05) is 9.80 Å². The Bertz CT molecular complexity index is 680. The predicted molar refractivity (Wildman–Crippen MR) is 99.0 cm³/mol. The predicted octanol–water partition coefficient (Wildman–Crippen LogP) is 3.54. The van der Waals surface area contributed by atoms with Crippen LogP contribution in [0.2, 0.25) is 0 Å². The number of likely N-dealkylation sites (tertiary alicyclic amines) is 2. The molecule has 2 amide bonds. The zero-order valence-corrected chi connectivity index (χ0v) is 15.8. The number of piperidine rings is 1. The van der Waals surface area contributed by atoms with Gasteiger partial charge in [0.1, 0.15) is 0 Å². The van der Waals surface area contributed by atoms with Crippen LogP contribution in [0, 0.1) is 17.6 Å². The molecule has 3 rings (SSSR count). The second-order valence-corrected chi connectivity index (χ2v) is 7.72. The molecule has 1 unspecified atom stereocenters. The van der Waals surface area contributed by atoms with Crippen molar-refractivity contribution >= 4 is 11.8 Å². The van der Waals surface area contributed by atoms with Crippen LogP contribution < -0.4 is 0 Å². The van der Waals surface area contributed by atoms with Crippen molar-refractivity contribution in [3.8, 4) is 0 Å². The first kappa shape index (κ1) is 19.8. The lowest BCUT2D eigenvalue weighted by Gasteiger charge is -2.33. The highest BCUT2D eigenvalue weighted by atomic mass is 19.2. The molecule has 0 radical (unpaired) electrons. The van der Waals surface area contributed by atoms with Crippen molar-refractivity contribution < 1.29 is 18.4 Å². The van der Waals surface area contributed by atoms with Crippen LogP contribution in [-0.2, 0) is 16.0 Å². The largest absolute Gasteiger partial charge is 0.343 e. The molecule has 4 nitrogen and oxygen atoms in total. The Kier molecular flexibility index (Phi) is 6.80. The first-order chi connectivity index (χ1) is 13.0. The molecule has 2 fully saturated rings. The molecule has 0 bridgehead atoms. The minimum absolute atomic E-state index is 0.166. The standard InChI is InChI=1S/C21H28F2N2O2/c22-18-10-9-16(14-19(18)23)7-8-17-4-1-13-25(15-17)21(27)6-3-12-24-11-2-5-20(24)26/h9-10,14,17H,1-8,11-13,15H2. The van der Waals surface area contributed by atoms with E-state index in [-0.39, 0.29) is 11.8 Å². The molecule has 2 heterocycles. The normalized spacial score (nSPS) is 20.4. The molecule has 6 heteroatoms. The first-order valence-electron chi connectivity index (χ1n) is 10.0. The van der Waals surface area contributed by atoms with Crippen molar-refractivity contribution in [2.45, 2.75) is 51.4 Å². The lowest BCUT2D eigenvalue weighted by molar-refractivity contribution is -0.134. The zero-order valence-electron chi connectivity index (χ0n) is 15.8.